The van der Waals surface area contributed by atoms with Gasteiger partial charge in [0.25, 0.3) is 0 Å². The number of fused-ring (bicyclic) bond motifs is 2. The van der Waals surface area contributed by atoms with Crippen molar-refractivity contribution in [2.24, 2.45) is 11.7 Å². The summed E-state index contributed by atoms with van der Waals surface area (Å²) in [4.78, 5) is 22.1. The van der Waals surface area contributed by atoms with Crippen molar-refractivity contribution < 1.29 is 0 Å². The van der Waals surface area contributed by atoms with Crippen LogP contribution in [0.25, 0.3) is 22.1 Å². The lowest BCUT2D eigenvalue weighted by Gasteiger charge is -2.18. The van der Waals surface area contributed by atoms with Crippen molar-refractivity contribution in [1.82, 2.24) is 19.1 Å². The first-order valence-electron chi connectivity index (χ1n) is 11.6. The number of aromatic amines is 1. The van der Waals surface area contributed by atoms with E-state index in [0.717, 1.165) is 46.3 Å². The molecule has 32 heavy (non-hydrogen) atoms. The van der Waals surface area contributed by atoms with Gasteiger partial charge >= 0.3 is 5.69 Å². The van der Waals surface area contributed by atoms with Gasteiger partial charge in [-0.1, -0.05) is 32.0 Å². The molecule has 0 amide bonds. The number of hydrogen-bond donors (Lipinski definition) is 2. The summed E-state index contributed by atoms with van der Waals surface area (Å²) in [5.41, 5.74) is 10.7. The van der Waals surface area contributed by atoms with Crippen LogP contribution in [-0.2, 0) is 5.54 Å². The van der Waals surface area contributed by atoms with Crippen LogP contribution in [0.15, 0.2) is 47.3 Å². The first kappa shape index (κ1) is 22.3. The fourth-order valence-electron chi connectivity index (χ4n) is 4.46. The van der Waals surface area contributed by atoms with Crippen molar-refractivity contribution in [2.75, 3.05) is 0 Å². The quantitative estimate of drug-likeness (QED) is 0.405. The van der Waals surface area contributed by atoms with Gasteiger partial charge in [-0.2, -0.15) is 0 Å². The van der Waals surface area contributed by atoms with E-state index in [9.17, 15) is 4.79 Å². The van der Waals surface area contributed by atoms with Gasteiger partial charge in [0.2, 0.25) is 0 Å². The summed E-state index contributed by atoms with van der Waals surface area (Å²) < 4.78 is 3.82. The Morgan fingerprint density at radius 2 is 1.66 bits per heavy atom. The van der Waals surface area contributed by atoms with Crippen molar-refractivity contribution in [3.8, 4) is 0 Å². The van der Waals surface area contributed by atoms with Crippen LogP contribution in [0.2, 0.25) is 0 Å². The number of H-pyrrole nitrogens is 1. The summed E-state index contributed by atoms with van der Waals surface area (Å²) >= 11 is 0. The van der Waals surface area contributed by atoms with E-state index in [1.807, 2.05) is 59.4 Å². The molecule has 0 saturated heterocycles. The molecule has 170 valence electrons. The Morgan fingerprint density at radius 1 is 1.00 bits per heavy atom. The maximum atomic E-state index is 13.7. The summed E-state index contributed by atoms with van der Waals surface area (Å²) in [7, 11) is 0. The molecule has 6 nitrogen and oxygen atoms in total. The van der Waals surface area contributed by atoms with Crippen molar-refractivity contribution >= 4 is 22.1 Å². The number of nitrogens with two attached hydrogens (primary N) is 1. The summed E-state index contributed by atoms with van der Waals surface area (Å²) in [6.07, 6.45) is 1.83. The molecule has 0 aliphatic heterocycles. The van der Waals surface area contributed by atoms with Gasteiger partial charge < -0.3 is 10.7 Å². The lowest BCUT2D eigenvalue weighted by atomic mass is 9.95. The van der Waals surface area contributed by atoms with E-state index < -0.39 is 5.54 Å². The second-order valence-electron chi connectivity index (χ2n) is 10.2. The Kier molecular flexibility index (Phi) is 5.76. The Morgan fingerprint density at radius 3 is 2.25 bits per heavy atom. The van der Waals surface area contributed by atoms with Crippen LogP contribution < -0.4 is 11.4 Å². The van der Waals surface area contributed by atoms with Gasteiger partial charge in [-0.3, -0.25) is 9.13 Å². The van der Waals surface area contributed by atoms with Gasteiger partial charge in [0, 0.05) is 11.6 Å². The Hall–Kier alpha value is -2.86. The topological polar surface area (TPSA) is 81.6 Å². The smallest absolute Gasteiger partial charge is 0.330 e. The van der Waals surface area contributed by atoms with Crippen molar-refractivity contribution in [1.29, 1.82) is 0 Å². The van der Waals surface area contributed by atoms with Gasteiger partial charge in [-0.05, 0) is 76.3 Å². The summed E-state index contributed by atoms with van der Waals surface area (Å²) in [5, 5.41) is 0. The largest absolute Gasteiger partial charge is 0.340 e. The number of nitrogens with one attached hydrogen (secondary N) is 1. The summed E-state index contributed by atoms with van der Waals surface area (Å²) in [6, 6.07) is 14.1. The first-order chi connectivity index (χ1) is 15.1. The Bertz CT molecular complexity index is 1300. The van der Waals surface area contributed by atoms with Gasteiger partial charge in [0.15, 0.2) is 0 Å². The first-order valence-corrected chi connectivity index (χ1v) is 11.6. The molecule has 0 aliphatic carbocycles. The van der Waals surface area contributed by atoms with Gasteiger partial charge in [-0.15, -0.1) is 0 Å². The van der Waals surface area contributed by atoms with Crippen molar-refractivity contribution in [3.63, 3.8) is 0 Å². The maximum Gasteiger partial charge on any atom is 0.330 e. The van der Waals surface area contributed by atoms with Gasteiger partial charge in [0.1, 0.15) is 5.82 Å². The molecule has 0 spiro atoms. The standard InChI is InChI=1S/C26H35N5O/c1-16(2)11-14-23(24-28-19-13-12-18(26(5,6)27)15-20(19)29-24)31-22-10-8-7-9-21(22)30(17(3)4)25(31)32/h7-10,12-13,15-17,23H,11,14,27H2,1-6H3,(H,28,29). The second kappa shape index (κ2) is 8.24. The van der Waals surface area contributed by atoms with E-state index in [2.05, 4.69) is 38.7 Å². The van der Waals surface area contributed by atoms with E-state index in [4.69, 9.17) is 10.7 Å². The number of imidazole rings is 2. The monoisotopic (exact) mass is 433 g/mol. The van der Waals surface area contributed by atoms with Crippen LogP contribution in [0.5, 0.6) is 0 Å². The fourth-order valence-corrected chi connectivity index (χ4v) is 4.46. The molecule has 2 heterocycles. The zero-order valence-corrected chi connectivity index (χ0v) is 20.0. The number of benzene rings is 2. The Labute approximate surface area is 189 Å². The molecule has 0 aliphatic rings. The molecule has 0 bridgehead atoms. The van der Waals surface area contributed by atoms with E-state index in [1.54, 1.807) is 0 Å². The lowest BCUT2D eigenvalue weighted by Crippen LogP contribution is -2.29. The second-order valence-corrected chi connectivity index (χ2v) is 10.2. The number of hydrogen-bond acceptors (Lipinski definition) is 3. The normalized spacial score (nSPS) is 13.7. The average Bonchev–Trinajstić information content (AvgIpc) is 3.25. The highest BCUT2D eigenvalue weighted by molar-refractivity contribution is 5.78. The van der Waals surface area contributed by atoms with Crippen LogP contribution in [-0.4, -0.2) is 19.1 Å². The molecule has 2 aromatic carbocycles. The lowest BCUT2D eigenvalue weighted by molar-refractivity contribution is 0.438. The predicted molar refractivity (Wildman–Crippen MR) is 132 cm³/mol. The molecule has 0 fully saturated rings. The third-order valence-corrected chi connectivity index (χ3v) is 6.22. The van der Waals surface area contributed by atoms with Crippen molar-refractivity contribution in [3.05, 3.63) is 64.3 Å². The number of para-hydroxylation sites is 2. The van der Waals surface area contributed by atoms with Gasteiger partial charge in [0.05, 0.1) is 28.1 Å². The average molecular weight is 434 g/mol. The minimum Gasteiger partial charge on any atom is -0.340 e. The highest BCUT2D eigenvalue weighted by Crippen LogP contribution is 2.30. The molecule has 0 saturated carbocycles. The van der Waals surface area contributed by atoms with E-state index >= 15 is 0 Å². The van der Waals surface area contributed by atoms with Crippen LogP contribution >= 0.6 is 0 Å². The molecule has 6 heteroatoms. The third kappa shape index (κ3) is 3.99. The molecule has 0 radical (unpaired) electrons. The number of aromatic nitrogens is 4. The van der Waals surface area contributed by atoms with Crippen molar-refractivity contribution in [2.45, 2.75) is 72.0 Å². The van der Waals surface area contributed by atoms with Crippen LogP contribution in [0.3, 0.4) is 0 Å². The molecule has 1 unspecified atom stereocenters. The van der Waals surface area contributed by atoms with Gasteiger partial charge in [-0.25, -0.2) is 9.78 Å². The summed E-state index contributed by atoms with van der Waals surface area (Å²) in [5.74, 6) is 1.35. The SMILES string of the molecule is CC(C)CCC(c1nc2ccc(C(C)(C)N)cc2[nH]1)n1c(=O)n(C(C)C)c2ccccc21. The molecule has 2 aromatic heterocycles. The van der Waals surface area contributed by atoms with E-state index in [0.29, 0.717) is 5.92 Å². The number of rotatable bonds is 7. The van der Waals surface area contributed by atoms with Crippen LogP contribution in [0, 0.1) is 5.92 Å². The predicted octanol–water partition coefficient (Wildman–Crippen LogP) is 5.48. The zero-order chi connectivity index (χ0) is 23.2. The highest BCUT2D eigenvalue weighted by atomic mass is 16.1. The minimum atomic E-state index is -0.432. The third-order valence-electron chi connectivity index (χ3n) is 6.22. The molecule has 4 rings (SSSR count). The summed E-state index contributed by atoms with van der Waals surface area (Å²) in [6.45, 7) is 12.5. The fraction of sp³-hybridized carbons (Fsp3) is 0.462. The zero-order valence-electron chi connectivity index (χ0n) is 20.0. The van der Waals surface area contributed by atoms with Crippen LogP contribution in [0.1, 0.15) is 77.9 Å². The molecule has 3 N–H and O–H groups in total. The molecular formula is C26H35N5O. The molecular weight excluding hydrogens is 398 g/mol. The minimum absolute atomic E-state index is 0.0131. The van der Waals surface area contributed by atoms with E-state index in [-0.39, 0.29) is 17.8 Å². The van der Waals surface area contributed by atoms with Crippen LogP contribution in [0.4, 0.5) is 0 Å². The Balaban J connectivity index is 1.92. The maximum absolute atomic E-state index is 13.7. The highest BCUT2D eigenvalue weighted by Gasteiger charge is 2.26. The van der Waals surface area contributed by atoms with E-state index in [1.165, 1.54) is 0 Å². The molecule has 4 aromatic rings. The number of nitrogens with zero attached hydrogens (tertiary/aromatic N) is 3. The molecule has 1 atom stereocenters.